The van der Waals surface area contributed by atoms with Gasteiger partial charge in [0.25, 0.3) is 0 Å². The van der Waals surface area contributed by atoms with Crippen LogP contribution in [0.4, 0.5) is 5.82 Å². The molecule has 0 aliphatic carbocycles. The molecule has 108 valence electrons. The van der Waals surface area contributed by atoms with Gasteiger partial charge in [0.05, 0.1) is 10.5 Å². The van der Waals surface area contributed by atoms with Gasteiger partial charge in [0, 0.05) is 38.4 Å². The number of halogens is 1. The van der Waals surface area contributed by atoms with E-state index in [4.69, 9.17) is 4.74 Å². The van der Waals surface area contributed by atoms with E-state index in [9.17, 15) is 4.79 Å². The zero-order valence-electron chi connectivity index (χ0n) is 11.2. The number of carbonyl (C=O) groups excluding carboxylic acids is 1. The summed E-state index contributed by atoms with van der Waals surface area (Å²) < 4.78 is 6.29. The number of nitrogens with zero attached hydrogens (tertiary/aromatic N) is 2. The maximum Gasteiger partial charge on any atom is 0.225 e. The van der Waals surface area contributed by atoms with Gasteiger partial charge in [-0.05, 0) is 40.9 Å². The molecule has 6 heteroatoms. The predicted molar refractivity (Wildman–Crippen MR) is 79.5 cm³/mol. The maximum absolute atomic E-state index is 12.2. The van der Waals surface area contributed by atoms with Crippen molar-refractivity contribution >= 4 is 27.7 Å². The number of hydrogen-bond donors (Lipinski definition) is 1. The Morgan fingerprint density at radius 1 is 1.40 bits per heavy atom. The maximum atomic E-state index is 12.2. The minimum atomic E-state index is 0.136. The lowest BCUT2D eigenvalue weighted by atomic mass is 10.1. The highest BCUT2D eigenvalue weighted by atomic mass is 79.9. The van der Waals surface area contributed by atoms with Crippen LogP contribution in [0.3, 0.4) is 0 Å². The smallest absolute Gasteiger partial charge is 0.225 e. The van der Waals surface area contributed by atoms with E-state index in [1.165, 1.54) is 0 Å². The lowest BCUT2D eigenvalue weighted by molar-refractivity contribution is -0.131. The van der Waals surface area contributed by atoms with Crippen LogP contribution in [0.15, 0.2) is 22.8 Å². The first kappa shape index (κ1) is 13.8. The van der Waals surface area contributed by atoms with E-state index >= 15 is 0 Å². The molecule has 1 aromatic rings. The van der Waals surface area contributed by atoms with Crippen LogP contribution < -0.4 is 5.32 Å². The standard InChI is InChI=1S/C14H18BrN3O2/c15-12-2-1-5-16-14(12)17-10-8-13(19)18(9-10)11-3-6-20-7-4-11/h1-2,5,10-11H,3-4,6-9H2,(H,16,17). The molecule has 0 radical (unpaired) electrons. The normalized spacial score (nSPS) is 24.1. The molecule has 0 spiro atoms. The zero-order chi connectivity index (χ0) is 13.9. The van der Waals surface area contributed by atoms with Gasteiger partial charge < -0.3 is 15.0 Å². The Labute approximate surface area is 126 Å². The Hall–Kier alpha value is -1.14. The van der Waals surface area contributed by atoms with E-state index in [0.29, 0.717) is 12.5 Å². The molecule has 20 heavy (non-hydrogen) atoms. The number of aromatic nitrogens is 1. The van der Waals surface area contributed by atoms with Gasteiger partial charge in [-0.3, -0.25) is 4.79 Å². The van der Waals surface area contributed by atoms with Crippen LogP contribution in [0, 0.1) is 0 Å². The largest absolute Gasteiger partial charge is 0.381 e. The van der Waals surface area contributed by atoms with Crippen LogP contribution in [0.2, 0.25) is 0 Å². The van der Waals surface area contributed by atoms with Crippen LogP contribution in [0.5, 0.6) is 0 Å². The number of amides is 1. The Bertz CT molecular complexity index is 491. The van der Waals surface area contributed by atoms with Crippen molar-refractivity contribution in [3.63, 3.8) is 0 Å². The number of hydrogen-bond acceptors (Lipinski definition) is 4. The van der Waals surface area contributed by atoms with Gasteiger partial charge in [-0.2, -0.15) is 0 Å². The molecule has 1 amide bonds. The minimum Gasteiger partial charge on any atom is -0.381 e. The molecule has 1 N–H and O–H groups in total. The fourth-order valence-corrected chi connectivity index (χ4v) is 3.23. The molecule has 0 aromatic carbocycles. The van der Waals surface area contributed by atoms with Crippen LogP contribution in [-0.4, -0.2) is 47.6 Å². The molecule has 3 heterocycles. The highest BCUT2D eigenvalue weighted by Gasteiger charge is 2.35. The van der Waals surface area contributed by atoms with E-state index < -0.39 is 0 Å². The molecule has 1 unspecified atom stereocenters. The third-order valence-electron chi connectivity index (χ3n) is 3.89. The summed E-state index contributed by atoms with van der Waals surface area (Å²) in [5.74, 6) is 1.04. The van der Waals surface area contributed by atoms with Gasteiger partial charge in [-0.15, -0.1) is 0 Å². The first-order chi connectivity index (χ1) is 9.74. The van der Waals surface area contributed by atoms with Crippen LogP contribution in [-0.2, 0) is 9.53 Å². The van der Waals surface area contributed by atoms with Gasteiger partial charge in [0.2, 0.25) is 5.91 Å². The summed E-state index contributed by atoms with van der Waals surface area (Å²) in [6.07, 6.45) is 4.19. The third-order valence-corrected chi connectivity index (χ3v) is 4.53. The van der Waals surface area contributed by atoms with E-state index in [2.05, 4.69) is 26.2 Å². The second-order valence-corrected chi connectivity index (χ2v) is 6.12. The summed E-state index contributed by atoms with van der Waals surface area (Å²) in [5.41, 5.74) is 0. The lowest BCUT2D eigenvalue weighted by Crippen LogP contribution is -2.41. The number of likely N-dealkylation sites (tertiary alicyclic amines) is 1. The Morgan fingerprint density at radius 3 is 2.95 bits per heavy atom. The number of nitrogens with one attached hydrogen (secondary N) is 1. The number of rotatable bonds is 3. The van der Waals surface area contributed by atoms with Crippen molar-refractivity contribution in [3.05, 3.63) is 22.8 Å². The molecule has 3 rings (SSSR count). The van der Waals surface area contributed by atoms with Gasteiger partial charge >= 0.3 is 0 Å². The molecule has 0 bridgehead atoms. The molecular formula is C14H18BrN3O2. The Balaban J connectivity index is 1.63. The summed E-state index contributed by atoms with van der Waals surface area (Å²) in [6, 6.07) is 4.30. The Kier molecular flexibility index (Phi) is 4.21. The SMILES string of the molecule is O=C1CC(Nc2ncccc2Br)CN1C1CCOCC1. The van der Waals surface area contributed by atoms with Gasteiger partial charge in [-0.1, -0.05) is 0 Å². The lowest BCUT2D eigenvalue weighted by Gasteiger charge is -2.31. The first-order valence-corrected chi connectivity index (χ1v) is 7.77. The summed E-state index contributed by atoms with van der Waals surface area (Å²) >= 11 is 3.47. The third kappa shape index (κ3) is 2.96. The molecule has 2 fully saturated rings. The molecule has 1 atom stereocenters. The highest BCUT2D eigenvalue weighted by Crippen LogP contribution is 2.25. The average Bonchev–Trinajstić information content (AvgIpc) is 2.83. The summed E-state index contributed by atoms with van der Waals surface area (Å²) in [5, 5.41) is 3.36. The number of ether oxygens (including phenoxy) is 1. The van der Waals surface area contributed by atoms with Crippen molar-refractivity contribution in [2.24, 2.45) is 0 Å². The van der Waals surface area contributed by atoms with E-state index in [0.717, 1.165) is 42.9 Å². The van der Waals surface area contributed by atoms with Crippen molar-refractivity contribution < 1.29 is 9.53 Å². The predicted octanol–water partition coefficient (Wildman–Crippen LogP) is 2.04. The van der Waals surface area contributed by atoms with Crippen molar-refractivity contribution in [3.8, 4) is 0 Å². The van der Waals surface area contributed by atoms with Crippen molar-refractivity contribution in [1.82, 2.24) is 9.88 Å². The fraction of sp³-hybridized carbons (Fsp3) is 0.571. The molecule has 0 saturated carbocycles. The fourth-order valence-electron chi connectivity index (χ4n) is 2.86. The molecule has 2 aliphatic heterocycles. The monoisotopic (exact) mass is 339 g/mol. The summed E-state index contributed by atoms with van der Waals surface area (Å²) in [6.45, 7) is 2.28. The number of pyridine rings is 1. The van der Waals surface area contributed by atoms with Crippen molar-refractivity contribution in [2.45, 2.75) is 31.3 Å². The Morgan fingerprint density at radius 2 is 2.20 bits per heavy atom. The van der Waals surface area contributed by atoms with Gasteiger partial charge in [0.15, 0.2) is 0 Å². The second-order valence-electron chi connectivity index (χ2n) is 5.27. The minimum absolute atomic E-state index is 0.136. The van der Waals surface area contributed by atoms with Crippen molar-refractivity contribution in [1.29, 1.82) is 0 Å². The summed E-state index contributed by atoms with van der Waals surface area (Å²) in [4.78, 5) is 18.5. The number of carbonyl (C=O) groups is 1. The van der Waals surface area contributed by atoms with Gasteiger partial charge in [0.1, 0.15) is 5.82 Å². The molecule has 1 aromatic heterocycles. The quantitative estimate of drug-likeness (QED) is 0.915. The molecule has 5 nitrogen and oxygen atoms in total. The number of anilines is 1. The first-order valence-electron chi connectivity index (χ1n) is 6.98. The zero-order valence-corrected chi connectivity index (χ0v) is 12.8. The molecule has 2 aliphatic rings. The summed E-state index contributed by atoms with van der Waals surface area (Å²) in [7, 11) is 0. The van der Waals surface area contributed by atoms with Crippen LogP contribution in [0.25, 0.3) is 0 Å². The highest BCUT2D eigenvalue weighted by molar-refractivity contribution is 9.10. The van der Waals surface area contributed by atoms with E-state index in [-0.39, 0.29) is 11.9 Å². The van der Waals surface area contributed by atoms with Gasteiger partial charge in [-0.25, -0.2) is 4.98 Å². The van der Waals surface area contributed by atoms with Crippen LogP contribution in [0.1, 0.15) is 19.3 Å². The topological polar surface area (TPSA) is 54.5 Å². The van der Waals surface area contributed by atoms with E-state index in [1.807, 2.05) is 17.0 Å². The molecule has 2 saturated heterocycles. The van der Waals surface area contributed by atoms with Crippen LogP contribution >= 0.6 is 15.9 Å². The van der Waals surface area contributed by atoms with E-state index in [1.54, 1.807) is 6.20 Å². The average molecular weight is 340 g/mol. The molecular weight excluding hydrogens is 322 g/mol. The van der Waals surface area contributed by atoms with Crippen molar-refractivity contribution in [2.75, 3.05) is 25.1 Å². The second kappa shape index (κ2) is 6.10.